The smallest absolute Gasteiger partial charge is 0.319 e. The highest BCUT2D eigenvalue weighted by Gasteiger charge is 2.28. The summed E-state index contributed by atoms with van der Waals surface area (Å²) < 4.78 is 40.4. The molecule has 0 spiro atoms. The molecule has 4 aromatic rings. The number of halogens is 2. The molecule has 1 amide bonds. The summed E-state index contributed by atoms with van der Waals surface area (Å²) in [5.41, 5.74) is 2.21. The van der Waals surface area contributed by atoms with E-state index in [-0.39, 0.29) is 17.9 Å². The van der Waals surface area contributed by atoms with E-state index in [1.165, 1.54) is 11.0 Å². The second kappa shape index (κ2) is 10.3. The van der Waals surface area contributed by atoms with E-state index in [0.29, 0.717) is 66.2 Å². The molecule has 0 radical (unpaired) electrons. The molecule has 2 aromatic heterocycles. The zero-order valence-corrected chi connectivity index (χ0v) is 21.7. The Bertz CT molecular complexity index is 1560. The van der Waals surface area contributed by atoms with Gasteiger partial charge in [0.2, 0.25) is 0 Å². The van der Waals surface area contributed by atoms with Gasteiger partial charge in [-0.05, 0) is 50.2 Å². The largest absolute Gasteiger partial charge is 0.463 e. The summed E-state index contributed by atoms with van der Waals surface area (Å²) in [5.74, 6) is -1.41. The van der Waals surface area contributed by atoms with Crippen molar-refractivity contribution in [3.05, 3.63) is 60.9 Å². The summed E-state index contributed by atoms with van der Waals surface area (Å²) in [6.07, 6.45) is 3.73. The zero-order valence-electron chi connectivity index (χ0n) is 21.7. The lowest BCUT2D eigenvalue weighted by Crippen LogP contribution is -2.49. The maximum atomic E-state index is 14.9. The van der Waals surface area contributed by atoms with E-state index in [0.717, 1.165) is 24.8 Å². The fraction of sp³-hybridized carbons (Fsp3) is 0.345. The maximum absolute atomic E-state index is 14.9. The number of nitrogens with zero attached hydrogens (tertiary/aromatic N) is 5. The van der Waals surface area contributed by atoms with Crippen molar-refractivity contribution in [3.8, 4) is 17.1 Å². The van der Waals surface area contributed by atoms with Gasteiger partial charge in [-0.25, -0.2) is 8.78 Å². The number of aromatic nitrogens is 2. The topological polar surface area (TPSA) is 74.9 Å². The molecule has 0 N–H and O–H groups in total. The van der Waals surface area contributed by atoms with Gasteiger partial charge in [-0.1, -0.05) is 24.8 Å². The summed E-state index contributed by atoms with van der Waals surface area (Å²) in [6, 6.07) is 10.8. The van der Waals surface area contributed by atoms with Crippen molar-refractivity contribution in [3.63, 3.8) is 0 Å². The lowest BCUT2D eigenvalue weighted by Gasteiger charge is -2.35. The predicted molar refractivity (Wildman–Crippen MR) is 145 cm³/mol. The van der Waals surface area contributed by atoms with Crippen LogP contribution in [0.1, 0.15) is 12.8 Å². The van der Waals surface area contributed by atoms with Crippen molar-refractivity contribution in [2.45, 2.75) is 18.9 Å². The van der Waals surface area contributed by atoms with Crippen molar-refractivity contribution in [1.82, 2.24) is 19.8 Å². The van der Waals surface area contributed by atoms with Gasteiger partial charge in [0.1, 0.15) is 23.8 Å². The fourth-order valence-corrected chi connectivity index (χ4v) is 5.55. The third-order valence-corrected chi connectivity index (χ3v) is 7.70. The number of piperazine rings is 1. The van der Waals surface area contributed by atoms with Gasteiger partial charge in [-0.3, -0.25) is 4.79 Å². The molecule has 202 valence electrons. The van der Waals surface area contributed by atoms with Crippen LogP contribution in [0.4, 0.5) is 14.6 Å². The Morgan fingerprint density at radius 1 is 1.13 bits per heavy atom. The molecular formula is C29H29F2N5O3. The Morgan fingerprint density at radius 2 is 1.92 bits per heavy atom. The molecule has 0 bridgehead atoms. The molecule has 4 heterocycles. The lowest BCUT2D eigenvalue weighted by atomic mass is 9.99. The Morgan fingerprint density at radius 3 is 2.64 bits per heavy atom. The van der Waals surface area contributed by atoms with Crippen LogP contribution in [0, 0.1) is 5.82 Å². The highest BCUT2D eigenvalue weighted by molar-refractivity contribution is 6.14. The van der Waals surface area contributed by atoms with Crippen molar-refractivity contribution >= 4 is 33.6 Å². The highest BCUT2D eigenvalue weighted by Crippen LogP contribution is 2.40. The van der Waals surface area contributed by atoms with Crippen LogP contribution < -0.4 is 9.64 Å². The molecule has 0 saturated carbocycles. The normalized spacial score (nSPS) is 18.3. The molecule has 1 atom stereocenters. The monoisotopic (exact) mass is 533 g/mol. The van der Waals surface area contributed by atoms with Crippen molar-refractivity contribution < 1.29 is 22.7 Å². The zero-order chi connectivity index (χ0) is 27.1. The number of anilines is 1. The van der Waals surface area contributed by atoms with E-state index in [9.17, 15) is 13.6 Å². The van der Waals surface area contributed by atoms with Crippen LogP contribution >= 0.6 is 0 Å². The van der Waals surface area contributed by atoms with E-state index in [1.54, 1.807) is 24.5 Å². The first-order chi connectivity index (χ1) is 18.9. The number of carbonyl (C=O) groups is 1. The van der Waals surface area contributed by atoms with E-state index in [2.05, 4.69) is 18.5 Å². The summed E-state index contributed by atoms with van der Waals surface area (Å²) in [7, 11) is 2.08. The van der Waals surface area contributed by atoms with Gasteiger partial charge in [0.05, 0.1) is 17.2 Å². The molecular weight excluding hydrogens is 504 g/mol. The lowest BCUT2D eigenvalue weighted by molar-refractivity contribution is -0.128. The molecule has 2 fully saturated rings. The first-order valence-corrected chi connectivity index (χ1v) is 13.1. The van der Waals surface area contributed by atoms with Gasteiger partial charge in [0.15, 0.2) is 5.83 Å². The van der Waals surface area contributed by atoms with Gasteiger partial charge in [0, 0.05) is 43.2 Å². The summed E-state index contributed by atoms with van der Waals surface area (Å²) in [5, 5.41) is 1.41. The van der Waals surface area contributed by atoms with Gasteiger partial charge in [-0.2, -0.15) is 9.97 Å². The minimum Gasteiger partial charge on any atom is -0.463 e. The Balaban J connectivity index is 1.45. The number of amides is 1. The number of carbonyl (C=O) groups excluding carboxylic acids is 1. The van der Waals surface area contributed by atoms with Crippen LogP contribution in [0.5, 0.6) is 6.01 Å². The standard InChI is InChI=1S/C29H29F2N5O3/c1-18(30)28(37)36-13-11-35(12-14-36)27-25-24(32-29(33-27)39-17-19-6-5-10-34(19)2)16-22(21-9-15-38-26(21)25)20-7-3-4-8-23(20)31/h3-4,7-9,15-16,19H,1,5-6,10-14,17H2,2H3. The van der Waals surface area contributed by atoms with Crippen molar-refractivity contribution in [2.24, 2.45) is 0 Å². The van der Waals surface area contributed by atoms with Crippen LogP contribution in [0.15, 0.2) is 59.5 Å². The average Bonchev–Trinajstić information content (AvgIpc) is 3.60. The molecule has 39 heavy (non-hydrogen) atoms. The molecule has 2 saturated heterocycles. The number of fused-ring (bicyclic) bond motifs is 3. The molecule has 1 unspecified atom stereocenters. The second-order valence-electron chi connectivity index (χ2n) is 10.1. The van der Waals surface area contributed by atoms with Crippen molar-refractivity contribution in [1.29, 1.82) is 0 Å². The fourth-order valence-electron chi connectivity index (χ4n) is 5.55. The number of ether oxygens (including phenoxy) is 1. The minimum atomic E-state index is -0.971. The van der Waals surface area contributed by atoms with Crippen molar-refractivity contribution in [2.75, 3.05) is 51.3 Å². The van der Waals surface area contributed by atoms with Gasteiger partial charge in [-0.15, -0.1) is 0 Å². The molecule has 8 nitrogen and oxygen atoms in total. The number of hydrogen-bond acceptors (Lipinski definition) is 7. The third-order valence-electron chi connectivity index (χ3n) is 7.70. The van der Waals surface area contributed by atoms with E-state index in [1.807, 2.05) is 17.0 Å². The van der Waals surface area contributed by atoms with Crippen LogP contribution in [0.3, 0.4) is 0 Å². The van der Waals surface area contributed by atoms with Gasteiger partial charge >= 0.3 is 6.01 Å². The van der Waals surface area contributed by atoms with E-state index < -0.39 is 11.7 Å². The summed E-state index contributed by atoms with van der Waals surface area (Å²) in [4.78, 5) is 27.4. The van der Waals surface area contributed by atoms with Crippen LogP contribution in [0.25, 0.3) is 33.0 Å². The number of benzene rings is 2. The Hall–Kier alpha value is -4.05. The minimum absolute atomic E-state index is 0.221. The number of likely N-dealkylation sites (N-methyl/N-ethyl adjacent to an activating group) is 1. The number of likely N-dealkylation sites (tertiary alicyclic amines) is 1. The number of rotatable bonds is 6. The predicted octanol–water partition coefficient (Wildman–Crippen LogP) is 4.79. The van der Waals surface area contributed by atoms with Gasteiger partial charge < -0.3 is 23.9 Å². The van der Waals surface area contributed by atoms with Crippen LogP contribution in [0.2, 0.25) is 0 Å². The average molecular weight is 534 g/mol. The first-order valence-electron chi connectivity index (χ1n) is 13.1. The Kier molecular flexibility index (Phi) is 6.64. The molecule has 0 aliphatic carbocycles. The molecule has 2 aliphatic heterocycles. The van der Waals surface area contributed by atoms with E-state index in [4.69, 9.17) is 19.1 Å². The van der Waals surface area contributed by atoms with E-state index >= 15 is 0 Å². The first kappa shape index (κ1) is 25.2. The highest BCUT2D eigenvalue weighted by atomic mass is 19.1. The third kappa shape index (κ3) is 4.69. The van der Waals surface area contributed by atoms with Crippen LogP contribution in [-0.4, -0.2) is 78.1 Å². The second-order valence-corrected chi connectivity index (χ2v) is 10.1. The molecule has 6 rings (SSSR count). The maximum Gasteiger partial charge on any atom is 0.319 e. The SMILES string of the molecule is C=C(F)C(=O)N1CCN(c2nc(OCC3CCCN3C)nc3cc(-c4ccccc4F)c4ccoc4c23)CC1. The Labute approximate surface area is 224 Å². The summed E-state index contributed by atoms with van der Waals surface area (Å²) >= 11 is 0. The molecule has 2 aliphatic rings. The quantitative estimate of drug-likeness (QED) is 0.330. The van der Waals surface area contributed by atoms with Gasteiger partial charge in [0.25, 0.3) is 5.91 Å². The number of hydrogen-bond donors (Lipinski definition) is 0. The molecule has 10 heteroatoms. The molecule has 2 aromatic carbocycles. The van der Waals surface area contributed by atoms with Crippen LogP contribution in [-0.2, 0) is 4.79 Å². The summed E-state index contributed by atoms with van der Waals surface area (Å²) in [6.45, 7) is 6.08. The number of furan rings is 1.